The molecule has 3 nitrogen and oxygen atoms in total. The second-order valence-corrected chi connectivity index (χ2v) is 4.78. The number of likely N-dealkylation sites (tertiary alicyclic amines) is 1. The van der Waals surface area contributed by atoms with Crippen LogP contribution in [0.3, 0.4) is 0 Å². The standard InChI is InChI=1S/C10H19NO2/c1-4-8(9(12)13)5-11-6-10(2,3)7-11/h8H,4-7H2,1-3H3,(H,12,13). The number of hydrogen-bond donors (Lipinski definition) is 1. The predicted molar refractivity (Wildman–Crippen MR) is 51.6 cm³/mol. The predicted octanol–water partition coefficient (Wildman–Crippen LogP) is 1.44. The summed E-state index contributed by atoms with van der Waals surface area (Å²) in [5, 5.41) is 8.85. The normalized spacial score (nSPS) is 23.6. The van der Waals surface area contributed by atoms with Crippen LogP contribution in [0.25, 0.3) is 0 Å². The summed E-state index contributed by atoms with van der Waals surface area (Å²) in [4.78, 5) is 13.0. The van der Waals surface area contributed by atoms with Gasteiger partial charge in [-0.2, -0.15) is 0 Å². The number of hydrogen-bond acceptors (Lipinski definition) is 2. The largest absolute Gasteiger partial charge is 0.481 e. The monoisotopic (exact) mass is 185 g/mol. The van der Waals surface area contributed by atoms with Crippen molar-refractivity contribution in [2.45, 2.75) is 27.2 Å². The van der Waals surface area contributed by atoms with Gasteiger partial charge in [0.2, 0.25) is 0 Å². The number of carbonyl (C=O) groups is 1. The van der Waals surface area contributed by atoms with E-state index in [0.29, 0.717) is 5.41 Å². The smallest absolute Gasteiger partial charge is 0.307 e. The van der Waals surface area contributed by atoms with Crippen molar-refractivity contribution in [2.24, 2.45) is 11.3 Å². The van der Waals surface area contributed by atoms with Gasteiger partial charge in [-0.3, -0.25) is 4.79 Å². The summed E-state index contributed by atoms with van der Waals surface area (Å²) in [5.74, 6) is -0.844. The van der Waals surface area contributed by atoms with Gasteiger partial charge in [0.25, 0.3) is 0 Å². The van der Waals surface area contributed by atoms with Crippen molar-refractivity contribution in [3.8, 4) is 0 Å². The fourth-order valence-electron chi connectivity index (χ4n) is 1.99. The van der Waals surface area contributed by atoms with Gasteiger partial charge < -0.3 is 10.0 Å². The Balaban J connectivity index is 2.30. The first-order chi connectivity index (χ1) is 5.94. The zero-order chi connectivity index (χ0) is 10.1. The lowest BCUT2D eigenvalue weighted by atomic mass is 9.83. The summed E-state index contributed by atoms with van der Waals surface area (Å²) < 4.78 is 0. The zero-order valence-corrected chi connectivity index (χ0v) is 8.71. The van der Waals surface area contributed by atoms with Gasteiger partial charge >= 0.3 is 5.97 Å². The Morgan fingerprint density at radius 2 is 2.08 bits per heavy atom. The van der Waals surface area contributed by atoms with E-state index in [9.17, 15) is 4.79 Å². The van der Waals surface area contributed by atoms with Crippen LogP contribution in [0.4, 0.5) is 0 Å². The molecule has 13 heavy (non-hydrogen) atoms. The van der Waals surface area contributed by atoms with E-state index in [-0.39, 0.29) is 5.92 Å². The van der Waals surface area contributed by atoms with Gasteiger partial charge in [0.1, 0.15) is 0 Å². The average molecular weight is 185 g/mol. The molecule has 1 N–H and O–H groups in total. The van der Waals surface area contributed by atoms with Crippen molar-refractivity contribution in [1.29, 1.82) is 0 Å². The van der Waals surface area contributed by atoms with Crippen LogP contribution >= 0.6 is 0 Å². The first kappa shape index (κ1) is 10.5. The highest BCUT2D eigenvalue weighted by molar-refractivity contribution is 5.70. The van der Waals surface area contributed by atoms with Crippen LogP contribution in [0.2, 0.25) is 0 Å². The van der Waals surface area contributed by atoms with Crippen LogP contribution in [-0.4, -0.2) is 35.6 Å². The summed E-state index contributed by atoms with van der Waals surface area (Å²) >= 11 is 0. The van der Waals surface area contributed by atoms with E-state index in [1.165, 1.54) is 0 Å². The van der Waals surface area contributed by atoms with Crippen LogP contribution in [0.5, 0.6) is 0 Å². The molecule has 1 rings (SSSR count). The van der Waals surface area contributed by atoms with Gasteiger partial charge in [0.05, 0.1) is 5.92 Å². The number of rotatable bonds is 4. The lowest BCUT2D eigenvalue weighted by Crippen LogP contribution is -2.54. The Kier molecular flexibility index (Phi) is 2.96. The molecule has 0 aromatic carbocycles. The maximum absolute atomic E-state index is 10.7. The van der Waals surface area contributed by atoms with Gasteiger partial charge in [0, 0.05) is 19.6 Å². The summed E-state index contributed by atoms with van der Waals surface area (Å²) in [6.45, 7) is 9.16. The van der Waals surface area contributed by atoms with E-state index in [1.807, 2.05) is 6.92 Å². The van der Waals surface area contributed by atoms with Crippen molar-refractivity contribution in [3.63, 3.8) is 0 Å². The summed E-state index contributed by atoms with van der Waals surface area (Å²) in [7, 11) is 0. The minimum absolute atomic E-state index is 0.184. The molecule has 0 bridgehead atoms. The zero-order valence-electron chi connectivity index (χ0n) is 8.71. The molecule has 3 heteroatoms. The second kappa shape index (κ2) is 3.66. The van der Waals surface area contributed by atoms with Crippen molar-refractivity contribution in [3.05, 3.63) is 0 Å². The molecule has 0 aliphatic carbocycles. The molecule has 0 aromatic heterocycles. The first-order valence-corrected chi connectivity index (χ1v) is 4.90. The molecule has 1 fully saturated rings. The highest BCUT2D eigenvalue weighted by atomic mass is 16.4. The highest BCUT2D eigenvalue weighted by Gasteiger charge is 2.35. The highest BCUT2D eigenvalue weighted by Crippen LogP contribution is 2.29. The van der Waals surface area contributed by atoms with Crippen LogP contribution in [0, 0.1) is 11.3 Å². The molecule has 1 unspecified atom stereocenters. The van der Waals surface area contributed by atoms with Gasteiger partial charge in [-0.05, 0) is 11.8 Å². The molecule has 0 saturated carbocycles. The van der Waals surface area contributed by atoms with Crippen LogP contribution in [0.15, 0.2) is 0 Å². The maximum atomic E-state index is 10.7. The van der Waals surface area contributed by atoms with Crippen LogP contribution < -0.4 is 0 Å². The maximum Gasteiger partial charge on any atom is 0.307 e. The van der Waals surface area contributed by atoms with Gasteiger partial charge in [-0.15, -0.1) is 0 Å². The number of nitrogens with zero attached hydrogens (tertiary/aromatic N) is 1. The van der Waals surface area contributed by atoms with Gasteiger partial charge in [-0.25, -0.2) is 0 Å². The Morgan fingerprint density at radius 3 is 2.38 bits per heavy atom. The van der Waals surface area contributed by atoms with Crippen LogP contribution in [-0.2, 0) is 4.79 Å². The van der Waals surface area contributed by atoms with Crippen molar-refractivity contribution >= 4 is 5.97 Å². The molecule has 0 radical (unpaired) electrons. The van der Waals surface area contributed by atoms with Crippen molar-refractivity contribution < 1.29 is 9.90 Å². The molecule has 1 aliphatic heterocycles. The lowest BCUT2D eigenvalue weighted by molar-refractivity contribution is -0.143. The Bertz CT molecular complexity index is 193. The summed E-state index contributed by atoms with van der Waals surface area (Å²) in [5.41, 5.74) is 0.400. The topological polar surface area (TPSA) is 40.5 Å². The van der Waals surface area contributed by atoms with Gasteiger partial charge in [0.15, 0.2) is 0 Å². The fourth-order valence-corrected chi connectivity index (χ4v) is 1.99. The molecule has 76 valence electrons. The minimum Gasteiger partial charge on any atom is -0.481 e. The van der Waals surface area contributed by atoms with E-state index in [4.69, 9.17) is 5.11 Å². The number of carboxylic acid groups (broad SMARTS) is 1. The quantitative estimate of drug-likeness (QED) is 0.720. The van der Waals surface area contributed by atoms with E-state index >= 15 is 0 Å². The van der Waals surface area contributed by atoms with E-state index in [1.54, 1.807) is 0 Å². The molecular weight excluding hydrogens is 166 g/mol. The van der Waals surface area contributed by atoms with Crippen molar-refractivity contribution in [1.82, 2.24) is 4.90 Å². The Morgan fingerprint density at radius 1 is 1.54 bits per heavy atom. The van der Waals surface area contributed by atoms with E-state index in [0.717, 1.165) is 26.1 Å². The Labute approximate surface area is 79.7 Å². The summed E-state index contributed by atoms with van der Waals surface area (Å²) in [6.07, 6.45) is 0.728. The molecule has 0 amide bonds. The number of aliphatic carboxylic acids is 1. The first-order valence-electron chi connectivity index (χ1n) is 4.90. The molecular formula is C10H19NO2. The van der Waals surface area contributed by atoms with E-state index < -0.39 is 5.97 Å². The minimum atomic E-state index is -0.660. The molecule has 0 aromatic rings. The fraction of sp³-hybridized carbons (Fsp3) is 0.900. The van der Waals surface area contributed by atoms with E-state index in [2.05, 4.69) is 18.7 Å². The summed E-state index contributed by atoms with van der Waals surface area (Å²) in [6, 6.07) is 0. The van der Waals surface area contributed by atoms with Crippen molar-refractivity contribution in [2.75, 3.05) is 19.6 Å². The average Bonchev–Trinajstić information content (AvgIpc) is 1.95. The lowest BCUT2D eigenvalue weighted by Gasteiger charge is -2.46. The third kappa shape index (κ3) is 2.69. The molecule has 1 heterocycles. The third-order valence-corrected chi connectivity index (χ3v) is 2.62. The van der Waals surface area contributed by atoms with Gasteiger partial charge in [-0.1, -0.05) is 20.8 Å². The SMILES string of the molecule is CCC(CN1CC(C)(C)C1)C(=O)O. The Hall–Kier alpha value is -0.570. The second-order valence-electron chi connectivity index (χ2n) is 4.78. The number of carboxylic acids is 1. The molecule has 1 saturated heterocycles. The molecule has 1 aliphatic rings. The molecule has 1 atom stereocenters. The van der Waals surface area contributed by atoms with Crippen LogP contribution in [0.1, 0.15) is 27.2 Å². The molecule has 0 spiro atoms. The third-order valence-electron chi connectivity index (χ3n) is 2.62.